The number of hydrogen-bond donors (Lipinski definition) is 1. The molecule has 5 nitrogen and oxygen atoms in total. The minimum atomic E-state index is -0.498. The summed E-state index contributed by atoms with van der Waals surface area (Å²) < 4.78 is 10.6. The molecule has 1 heterocycles. The van der Waals surface area contributed by atoms with Crippen molar-refractivity contribution in [2.75, 3.05) is 11.9 Å². The quantitative estimate of drug-likeness (QED) is 0.625. The van der Waals surface area contributed by atoms with Crippen molar-refractivity contribution in [3.63, 3.8) is 0 Å². The van der Waals surface area contributed by atoms with Crippen molar-refractivity contribution in [1.29, 1.82) is 0 Å². The molecule has 0 fully saturated rings. The van der Waals surface area contributed by atoms with Crippen LogP contribution in [0, 0.1) is 6.92 Å². The van der Waals surface area contributed by atoms with Gasteiger partial charge in [-0.3, -0.25) is 9.59 Å². The molecule has 6 heteroatoms. The monoisotopic (exact) mass is 385 g/mol. The number of ether oxygens (including phenoxy) is 1. The van der Waals surface area contributed by atoms with Gasteiger partial charge in [-0.2, -0.15) is 0 Å². The molecule has 0 spiro atoms. The van der Waals surface area contributed by atoms with Crippen molar-refractivity contribution in [2.24, 2.45) is 0 Å². The third-order valence-corrected chi connectivity index (χ3v) is 4.54. The lowest BCUT2D eigenvalue weighted by Crippen LogP contribution is -2.21. The lowest BCUT2D eigenvalue weighted by Gasteiger charge is -2.08. The van der Waals surface area contributed by atoms with Crippen molar-refractivity contribution in [3.8, 4) is 0 Å². The van der Waals surface area contributed by atoms with Gasteiger partial charge in [-0.15, -0.1) is 0 Å². The highest BCUT2D eigenvalue weighted by molar-refractivity contribution is 6.33. The summed E-state index contributed by atoms with van der Waals surface area (Å²) in [6.07, 6.45) is 2.50. The number of nitrogens with one attached hydrogen (secondary N) is 1. The number of rotatable bonds is 6. The molecule has 0 saturated carbocycles. The molecule has 140 valence electrons. The average Bonchev–Trinajstić information content (AvgIpc) is 3.04. The molecule has 0 radical (unpaired) electrons. The van der Waals surface area contributed by atoms with E-state index in [2.05, 4.69) is 12.2 Å². The van der Waals surface area contributed by atoms with Crippen LogP contribution in [0.3, 0.4) is 0 Å². The van der Waals surface area contributed by atoms with Crippen LogP contribution in [-0.2, 0) is 27.2 Å². The topological polar surface area (TPSA) is 68.5 Å². The zero-order chi connectivity index (χ0) is 19.4. The molecule has 3 aromatic rings. The van der Waals surface area contributed by atoms with Crippen LogP contribution in [0.4, 0.5) is 5.69 Å². The maximum Gasteiger partial charge on any atom is 0.310 e. The van der Waals surface area contributed by atoms with Gasteiger partial charge in [0, 0.05) is 10.9 Å². The van der Waals surface area contributed by atoms with Crippen LogP contribution in [-0.4, -0.2) is 18.5 Å². The minimum Gasteiger partial charge on any atom is -0.464 e. The molecule has 0 aliphatic rings. The van der Waals surface area contributed by atoms with Crippen molar-refractivity contribution < 1.29 is 18.7 Å². The van der Waals surface area contributed by atoms with Crippen molar-refractivity contribution in [3.05, 3.63) is 64.4 Å². The molecule has 0 unspecified atom stereocenters. The molecule has 0 aliphatic carbocycles. The Morgan fingerprint density at radius 2 is 2.00 bits per heavy atom. The van der Waals surface area contributed by atoms with Crippen LogP contribution in [0.5, 0.6) is 0 Å². The Bertz CT molecular complexity index is 993. The summed E-state index contributed by atoms with van der Waals surface area (Å²) in [5, 5.41) is 3.94. The molecular weight excluding hydrogens is 366 g/mol. The largest absolute Gasteiger partial charge is 0.464 e. The van der Waals surface area contributed by atoms with Crippen LogP contribution in [0.15, 0.2) is 47.1 Å². The van der Waals surface area contributed by atoms with E-state index in [0.717, 1.165) is 34.1 Å². The highest BCUT2D eigenvalue weighted by Crippen LogP contribution is 2.24. The van der Waals surface area contributed by atoms with Gasteiger partial charge in [0.25, 0.3) is 5.91 Å². The number of hydrogen-bond acceptors (Lipinski definition) is 4. The first kappa shape index (κ1) is 19.0. The fourth-order valence-corrected chi connectivity index (χ4v) is 3.03. The predicted octanol–water partition coefficient (Wildman–Crippen LogP) is 4.68. The van der Waals surface area contributed by atoms with E-state index in [1.165, 1.54) is 0 Å². The Morgan fingerprint density at radius 3 is 2.74 bits per heavy atom. The first-order valence-corrected chi connectivity index (χ1v) is 9.04. The molecule has 2 aromatic carbocycles. The number of aryl methyl sites for hydroxylation is 2. The molecule has 0 atom stereocenters. The van der Waals surface area contributed by atoms with E-state index in [9.17, 15) is 9.59 Å². The first-order valence-electron chi connectivity index (χ1n) is 8.67. The highest BCUT2D eigenvalue weighted by Gasteiger charge is 2.14. The molecule has 0 bridgehead atoms. The Labute approximate surface area is 162 Å². The SMILES string of the molecule is CCc1ccc2c(CC(=O)OCC(=O)Nc3ccc(C)cc3Cl)coc2c1. The number of anilines is 1. The van der Waals surface area contributed by atoms with Gasteiger partial charge >= 0.3 is 5.97 Å². The minimum absolute atomic E-state index is 0.0387. The predicted molar refractivity (Wildman–Crippen MR) is 105 cm³/mol. The van der Waals surface area contributed by atoms with Gasteiger partial charge in [0.05, 0.1) is 23.4 Å². The van der Waals surface area contributed by atoms with Crippen LogP contribution < -0.4 is 5.32 Å². The molecule has 0 saturated heterocycles. The molecular formula is C21H20ClNO4. The van der Waals surface area contributed by atoms with E-state index in [0.29, 0.717) is 10.7 Å². The molecule has 1 N–H and O–H groups in total. The van der Waals surface area contributed by atoms with Gasteiger partial charge in [0.15, 0.2) is 6.61 Å². The van der Waals surface area contributed by atoms with Crippen LogP contribution in [0.2, 0.25) is 5.02 Å². The standard InChI is InChI=1S/C21H20ClNO4/c1-3-14-5-6-16-15(11-26-19(16)9-14)10-21(25)27-12-20(24)23-18-7-4-13(2)8-17(18)22/h4-9,11H,3,10,12H2,1-2H3,(H,23,24). The van der Waals surface area contributed by atoms with Gasteiger partial charge in [-0.1, -0.05) is 36.7 Å². The van der Waals surface area contributed by atoms with E-state index in [-0.39, 0.29) is 13.0 Å². The van der Waals surface area contributed by atoms with Gasteiger partial charge in [0.2, 0.25) is 0 Å². The number of carbonyl (C=O) groups is 2. The number of amides is 1. The Kier molecular flexibility index (Phi) is 5.81. The lowest BCUT2D eigenvalue weighted by molar-refractivity contribution is -0.146. The average molecular weight is 386 g/mol. The number of halogens is 1. The summed E-state index contributed by atoms with van der Waals surface area (Å²) in [5.74, 6) is -0.943. The molecule has 3 rings (SSSR count). The van der Waals surface area contributed by atoms with Crippen LogP contribution in [0.1, 0.15) is 23.6 Å². The first-order chi connectivity index (χ1) is 13.0. The maximum absolute atomic E-state index is 12.1. The smallest absolute Gasteiger partial charge is 0.310 e. The van der Waals surface area contributed by atoms with Crippen LogP contribution in [0.25, 0.3) is 11.0 Å². The molecule has 1 aromatic heterocycles. The third-order valence-electron chi connectivity index (χ3n) is 4.23. The number of fused-ring (bicyclic) bond motifs is 1. The lowest BCUT2D eigenvalue weighted by atomic mass is 10.1. The Morgan fingerprint density at radius 1 is 1.19 bits per heavy atom. The van der Waals surface area contributed by atoms with Gasteiger partial charge in [-0.05, 0) is 42.7 Å². The van der Waals surface area contributed by atoms with E-state index >= 15 is 0 Å². The third kappa shape index (κ3) is 4.68. The van der Waals surface area contributed by atoms with E-state index < -0.39 is 11.9 Å². The van der Waals surface area contributed by atoms with Crippen molar-refractivity contribution >= 4 is 40.1 Å². The molecule has 0 aliphatic heterocycles. The summed E-state index contributed by atoms with van der Waals surface area (Å²) in [4.78, 5) is 24.0. The fraction of sp³-hybridized carbons (Fsp3) is 0.238. The van der Waals surface area contributed by atoms with Crippen LogP contribution >= 0.6 is 11.6 Å². The summed E-state index contributed by atoms with van der Waals surface area (Å²) in [5.41, 5.74) is 4.11. The van der Waals surface area contributed by atoms with E-state index in [1.807, 2.05) is 31.2 Å². The molecule has 27 heavy (non-hydrogen) atoms. The second kappa shape index (κ2) is 8.27. The Hall–Kier alpha value is -2.79. The van der Waals surface area contributed by atoms with Gasteiger partial charge < -0.3 is 14.5 Å². The maximum atomic E-state index is 12.1. The number of benzene rings is 2. The summed E-state index contributed by atoms with van der Waals surface area (Å²) in [6, 6.07) is 11.2. The van der Waals surface area contributed by atoms with Crippen molar-refractivity contribution in [1.82, 2.24) is 0 Å². The summed E-state index contributed by atoms with van der Waals surface area (Å²) in [7, 11) is 0. The second-order valence-corrected chi connectivity index (χ2v) is 6.72. The van der Waals surface area contributed by atoms with Gasteiger partial charge in [-0.25, -0.2) is 0 Å². The van der Waals surface area contributed by atoms with E-state index in [1.54, 1.807) is 18.4 Å². The molecule has 1 amide bonds. The zero-order valence-electron chi connectivity index (χ0n) is 15.2. The number of esters is 1. The highest BCUT2D eigenvalue weighted by atomic mass is 35.5. The number of carbonyl (C=O) groups excluding carboxylic acids is 2. The fourth-order valence-electron chi connectivity index (χ4n) is 2.74. The Balaban J connectivity index is 1.56. The zero-order valence-corrected chi connectivity index (χ0v) is 15.9. The van der Waals surface area contributed by atoms with E-state index in [4.69, 9.17) is 20.8 Å². The van der Waals surface area contributed by atoms with Gasteiger partial charge in [0.1, 0.15) is 5.58 Å². The number of furan rings is 1. The summed E-state index contributed by atoms with van der Waals surface area (Å²) in [6.45, 7) is 3.60. The van der Waals surface area contributed by atoms with Crippen molar-refractivity contribution in [2.45, 2.75) is 26.7 Å². The second-order valence-electron chi connectivity index (χ2n) is 6.31. The summed E-state index contributed by atoms with van der Waals surface area (Å²) >= 11 is 6.08. The normalized spacial score (nSPS) is 10.8.